The summed E-state index contributed by atoms with van der Waals surface area (Å²) in [7, 11) is 0. The number of fused-ring (bicyclic) bond motifs is 1. The Kier molecular flexibility index (Phi) is 5.01. The average Bonchev–Trinajstić information content (AvgIpc) is 3.09. The first-order valence-corrected chi connectivity index (χ1v) is 9.58. The number of benzene rings is 2. The summed E-state index contributed by atoms with van der Waals surface area (Å²) in [6.45, 7) is 0.547. The Morgan fingerprint density at radius 3 is 2.44 bits per heavy atom. The van der Waals surface area contributed by atoms with Crippen molar-refractivity contribution in [1.29, 1.82) is 0 Å². The summed E-state index contributed by atoms with van der Waals surface area (Å²) in [6, 6.07) is 17.4. The highest BCUT2D eigenvalue weighted by molar-refractivity contribution is 6.30. The van der Waals surface area contributed by atoms with Crippen LogP contribution in [0.4, 0.5) is 0 Å². The fourth-order valence-corrected chi connectivity index (χ4v) is 3.42. The van der Waals surface area contributed by atoms with E-state index in [0.717, 1.165) is 16.8 Å². The van der Waals surface area contributed by atoms with Gasteiger partial charge in [-0.25, -0.2) is 4.98 Å². The van der Waals surface area contributed by atoms with E-state index in [0.29, 0.717) is 34.9 Å². The number of halogens is 2. The lowest BCUT2D eigenvalue weighted by Crippen LogP contribution is -2.21. The summed E-state index contributed by atoms with van der Waals surface area (Å²) in [6.07, 6.45) is 4.27. The van der Waals surface area contributed by atoms with Gasteiger partial charge >= 0.3 is 0 Å². The molecule has 136 valence electrons. The third-order valence-corrected chi connectivity index (χ3v) is 5.01. The Hall–Kier alpha value is -2.56. The summed E-state index contributed by atoms with van der Waals surface area (Å²) in [5.74, 6) is 0.502. The zero-order valence-corrected chi connectivity index (χ0v) is 16.0. The molecule has 6 heteroatoms. The van der Waals surface area contributed by atoms with Crippen LogP contribution in [-0.4, -0.2) is 20.0 Å². The molecule has 4 rings (SSSR count). The number of nitrogens with zero attached hydrogens (tertiary/aromatic N) is 3. The predicted molar refractivity (Wildman–Crippen MR) is 111 cm³/mol. The van der Waals surface area contributed by atoms with Crippen molar-refractivity contribution < 1.29 is 0 Å². The molecule has 0 radical (unpaired) electrons. The Bertz CT molecular complexity index is 1130. The van der Waals surface area contributed by atoms with E-state index < -0.39 is 0 Å². The molecule has 0 aliphatic rings. The Labute approximate surface area is 166 Å². The van der Waals surface area contributed by atoms with Crippen LogP contribution in [0.3, 0.4) is 0 Å². The molecule has 0 saturated carbocycles. The molecular formula is C21H17Cl2N3O. The van der Waals surface area contributed by atoms with Crippen molar-refractivity contribution in [3.05, 3.63) is 82.5 Å². The van der Waals surface area contributed by atoms with Crippen LogP contribution in [0, 0.1) is 0 Å². The SMILES string of the molecule is O=c1c2c(-c3ccccc3)cn(-c3ccc(Cl)cc3)c2ncn1CCCCl. The summed E-state index contributed by atoms with van der Waals surface area (Å²) < 4.78 is 3.56. The monoisotopic (exact) mass is 397 g/mol. The minimum atomic E-state index is -0.0586. The largest absolute Gasteiger partial charge is 0.300 e. The molecule has 0 amide bonds. The number of hydrogen-bond acceptors (Lipinski definition) is 2. The first kappa shape index (κ1) is 17.8. The molecular weight excluding hydrogens is 381 g/mol. The molecule has 2 heterocycles. The van der Waals surface area contributed by atoms with Gasteiger partial charge in [0.15, 0.2) is 5.65 Å². The van der Waals surface area contributed by atoms with Crippen LogP contribution in [0.25, 0.3) is 27.8 Å². The van der Waals surface area contributed by atoms with Crippen LogP contribution in [0.2, 0.25) is 5.02 Å². The molecule has 0 aliphatic heterocycles. The molecule has 0 bridgehead atoms. The highest BCUT2D eigenvalue weighted by Crippen LogP contribution is 2.29. The number of rotatable bonds is 5. The Balaban J connectivity index is 1.99. The minimum Gasteiger partial charge on any atom is -0.300 e. The third-order valence-electron chi connectivity index (χ3n) is 4.50. The van der Waals surface area contributed by atoms with E-state index in [4.69, 9.17) is 23.2 Å². The molecule has 0 fully saturated rings. The standard InChI is InChI=1S/C21H17Cl2N3O/c22-11-4-12-25-14-24-20-19(21(25)27)18(15-5-2-1-3-6-15)13-26(20)17-9-7-16(23)8-10-17/h1-3,5-10,13-14H,4,11-12H2. The number of hydrogen-bond donors (Lipinski definition) is 0. The van der Waals surface area contributed by atoms with Gasteiger partial charge < -0.3 is 4.57 Å². The van der Waals surface area contributed by atoms with E-state index in [-0.39, 0.29) is 5.56 Å². The number of alkyl halides is 1. The summed E-state index contributed by atoms with van der Waals surface area (Å²) in [5, 5.41) is 1.27. The maximum atomic E-state index is 13.2. The molecule has 2 aromatic heterocycles. The summed E-state index contributed by atoms with van der Waals surface area (Å²) in [5.41, 5.74) is 3.31. The van der Waals surface area contributed by atoms with E-state index in [1.54, 1.807) is 10.9 Å². The fourth-order valence-electron chi connectivity index (χ4n) is 3.18. The Morgan fingerprint density at radius 2 is 1.74 bits per heavy atom. The smallest absolute Gasteiger partial charge is 0.263 e. The average molecular weight is 398 g/mol. The zero-order chi connectivity index (χ0) is 18.8. The van der Waals surface area contributed by atoms with Crippen molar-refractivity contribution in [3.63, 3.8) is 0 Å². The van der Waals surface area contributed by atoms with Crippen molar-refractivity contribution in [2.45, 2.75) is 13.0 Å². The van der Waals surface area contributed by atoms with Gasteiger partial charge in [0.2, 0.25) is 0 Å². The second kappa shape index (κ2) is 7.59. The van der Waals surface area contributed by atoms with Crippen LogP contribution in [0.15, 0.2) is 71.9 Å². The van der Waals surface area contributed by atoms with E-state index in [9.17, 15) is 4.79 Å². The molecule has 0 N–H and O–H groups in total. The maximum Gasteiger partial charge on any atom is 0.263 e. The van der Waals surface area contributed by atoms with E-state index >= 15 is 0 Å². The van der Waals surface area contributed by atoms with Crippen LogP contribution in [-0.2, 0) is 6.54 Å². The van der Waals surface area contributed by atoms with Crippen molar-refractivity contribution in [3.8, 4) is 16.8 Å². The first-order chi connectivity index (χ1) is 13.2. The van der Waals surface area contributed by atoms with Crippen molar-refractivity contribution in [2.24, 2.45) is 0 Å². The molecule has 4 nitrogen and oxygen atoms in total. The molecule has 0 saturated heterocycles. The highest BCUT2D eigenvalue weighted by atomic mass is 35.5. The fraction of sp³-hybridized carbons (Fsp3) is 0.143. The Morgan fingerprint density at radius 1 is 1.00 bits per heavy atom. The van der Waals surface area contributed by atoms with Crippen LogP contribution >= 0.6 is 23.2 Å². The molecule has 0 atom stereocenters. The number of aryl methyl sites for hydroxylation is 1. The summed E-state index contributed by atoms with van der Waals surface area (Å²) in [4.78, 5) is 17.8. The van der Waals surface area contributed by atoms with Crippen LogP contribution < -0.4 is 5.56 Å². The van der Waals surface area contributed by atoms with Gasteiger partial charge in [0.05, 0.1) is 11.7 Å². The van der Waals surface area contributed by atoms with Crippen molar-refractivity contribution >= 4 is 34.2 Å². The van der Waals surface area contributed by atoms with Gasteiger partial charge in [0.1, 0.15) is 0 Å². The van der Waals surface area contributed by atoms with Crippen molar-refractivity contribution in [2.75, 3.05) is 5.88 Å². The van der Waals surface area contributed by atoms with E-state index in [1.807, 2.05) is 65.4 Å². The van der Waals surface area contributed by atoms with Gasteiger partial charge in [0.25, 0.3) is 5.56 Å². The van der Waals surface area contributed by atoms with Gasteiger partial charge in [0, 0.05) is 34.9 Å². The molecule has 2 aromatic carbocycles. The van der Waals surface area contributed by atoms with Gasteiger partial charge in [-0.2, -0.15) is 0 Å². The molecule has 0 aliphatic carbocycles. The van der Waals surface area contributed by atoms with Crippen LogP contribution in [0.5, 0.6) is 0 Å². The van der Waals surface area contributed by atoms with Crippen molar-refractivity contribution in [1.82, 2.24) is 14.1 Å². The first-order valence-electron chi connectivity index (χ1n) is 8.67. The molecule has 0 spiro atoms. The van der Waals surface area contributed by atoms with E-state index in [2.05, 4.69) is 4.98 Å². The van der Waals surface area contributed by atoms with Gasteiger partial charge in [-0.05, 0) is 36.2 Å². The quantitative estimate of drug-likeness (QED) is 0.437. The summed E-state index contributed by atoms with van der Waals surface area (Å²) >= 11 is 11.8. The molecule has 0 unspecified atom stereocenters. The zero-order valence-electron chi connectivity index (χ0n) is 14.5. The lowest BCUT2D eigenvalue weighted by Gasteiger charge is -2.07. The van der Waals surface area contributed by atoms with Gasteiger partial charge in [-0.3, -0.25) is 9.36 Å². The topological polar surface area (TPSA) is 39.8 Å². The number of aromatic nitrogens is 3. The molecule has 4 aromatic rings. The van der Waals surface area contributed by atoms with Crippen LogP contribution in [0.1, 0.15) is 6.42 Å². The highest BCUT2D eigenvalue weighted by Gasteiger charge is 2.17. The van der Waals surface area contributed by atoms with E-state index in [1.165, 1.54) is 0 Å². The molecule has 27 heavy (non-hydrogen) atoms. The second-order valence-electron chi connectivity index (χ2n) is 6.24. The predicted octanol–water partition coefficient (Wildman–Crippen LogP) is 5.14. The normalized spacial score (nSPS) is 11.2. The third kappa shape index (κ3) is 3.38. The lowest BCUT2D eigenvalue weighted by atomic mass is 10.1. The minimum absolute atomic E-state index is 0.0586. The van der Waals surface area contributed by atoms with Gasteiger partial charge in [-0.15, -0.1) is 11.6 Å². The van der Waals surface area contributed by atoms with Gasteiger partial charge in [-0.1, -0.05) is 41.9 Å². The lowest BCUT2D eigenvalue weighted by molar-refractivity contribution is 0.650. The second-order valence-corrected chi connectivity index (χ2v) is 7.05. The maximum absolute atomic E-state index is 13.2.